The first-order valence-electron chi connectivity index (χ1n) is 9.23. The molecule has 0 spiro atoms. The Balaban J connectivity index is 1.44. The SMILES string of the molecule is NCC1CC(n2cc(-c3cccc(OC4CC4)n3)c(C3CC3)n2)C1. The quantitative estimate of drug-likeness (QED) is 0.885. The van der Waals surface area contributed by atoms with E-state index in [4.69, 9.17) is 20.6 Å². The molecule has 0 bridgehead atoms. The Morgan fingerprint density at radius 3 is 2.71 bits per heavy atom. The molecule has 5 nitrogen and oxygen atoms in total. The van der Waals surface area contributed by atoms with Gasteiger partial charge in [-0.25, -0.2) is 4.98 Å². The van der Waals surface area contributed by atoms with Gasteiger partial charge in [0.15, 0.2) is 0 Å². The first kappa shape index (κ1) is 14.5. The monoisotopic (exact) mass is 324 g/mol. The topological polar surface area (TPSA) is 66.0 Å². The van der Waals surface area contributed by atoms with Gasteiger partial charge in [-0.15, -0.1) is 0 Å². The average molecular weight is 324 g/mol. The van der Waals surface area contributed by atoms with E-state index in [0.717, 1.165) is 43.8 Å². The number of ether oxygens (including phenoxy) is 1. The maximum Gasteiger partial charge on any atom is 0.214 e. The van der Waals surface area contributed by atoms with Crippen LogP contribution in [-0.2, 0) is 0 Å². The lowest BCUT2D eigenvalue weighted by Gasteiger charge is -2.34. The molecular weight excluding hydrogens is 300 g/mol. The number of nitrogens with zero attached hydrogens (tertiary/aromatic N) is 3. The molecule has 2 heterocycles. The van der Waals surface area contributed by atoms with Crippen LogP contribution in [0.25, 0.3) is 11.3 Å². The van der Waals surface area contributed by atoms with Crippen LogP contribution in [0.4, 0.5) is 0 Å². The summed E-state index contributed by atoms with van der Waals surface area (Å²) < 4.78 is 8.04. The van der Waals surface area contributed by atoms with Gasteiger partial charge in [-0.2, -0.15) is 5.10 Å². The molecule has 3 aliphatic carbocycles. The third-order valence-electron chi connectivity index (χ3n) is 5.45. The number of hydrogen-bond acceptors (Lipinski definition) is 4. The Bertz CT molecular complexity index is 742. The summed E-state index contributed by atoms with van der Waals surface area (Å²) in [7, 11) is 0. The first-order valence-corrected chi connectivity index (χ1v) is 9.23. The number of aromatic nitrogens is 3. The lowest BCUT2D eigenvalue weighted by atomic mass is 9.80. The van der Waals surface area contributed by atoms with E-state index < -0.39 is 0 Å². The number of rotatable bonds is 6. The molecule has 2 aromatic rings. The van der Waals surface area contributed by atoms with Gasteiger partial charge < -0.3 is 10.5 Å². The minimum atomic E-state index is 0.376. The van der Waals surface area contributed by atoms with E-state index >= 15 is 0 Å². The highest BCUT2D eigenvalue weighted by atomic mass is 16.5. The molecule has 3 aliphatic rings. The molecule has 0 saturated heterocycles. The molecule has 2 aromatic heterocycles. The van der Waals surface area contributed by atoms with Crippen molar-refractivity contribution < 1.29 is 4.74 Å². The third kappa shape index (κ3) is 2.71. The molecule has 3 saturated carbocycles. The van der Waals surface area contributed by atoms with E-state index in [1.165, 1.54) is 24.1 Å². The van der Waals surface area contributed by atoms with E-state index in [1.54, 1.807) is 0 Å². The second-order valence-electron chi connectivity index (χ2n) is 7.59. The fourth-order valence-electron chi connectivity index (χ4n) is 3.54. The summed E-state index contributed by atoms with van der Waals surface area (Å²) in [4.78, 5) is 4.75. The van der Waals surface area contributed by atoms with Crippen molar-refractivity contribution in [2.45, 2.75) is 56.6 Å². The zero-order chi connectivity index (χ0) is 16.1. The van der Waals surface area contributed by atoms with Crippen LogP contribution in [0.2, 0.25) is 0 Å². The highest BCUT2D eigenvalue weighted by molar-refractivity contribution is 5.63. The summed E-state index contributed by atoms with van der Waals surface area (Å²) in [6, 6.07) is 6.59. The highest BCUT2D eigenvalue weighted by Crippen LogP contribution is 2.45. The van der Waals surface area contributed by atoms with Gasteiger partial charge in [0.25, 0.3) is 0 Å². The van der Waals surface area contributed by atoms with Crippen LogP contribution in [0, 0.1) is 5.92 Å². The van der Waals surface area contributed by atoms with Gasteiger partial charge in [0.05, 0.1) is 17.4 Å². The molecule has 0 atom stereocenters. The minimum Gasteiger partial charge on any atom is -0.474 e. The maximum absolute atomic E-state index is 5.87. The largest absolute Gasteiger partial charge is 0.474 e. The Morgan fingerprint density at radius 2 is 2.00 bits per heavy atom. The van der Waals surface area contributed by atoms with Crippen molar-refractivity contribution in [3.05, 3.63) is 30.1 Å². The molecular formula is C19H24N4O. The van der Waals surface area contributed by atoms with Crippen molar-refractivity contribution >= 4 is 0 Å². The van der Waals surface area contributed by atoms with Gasteiger partial charge in [0.2, 0.25) is 5.88 Å². The van der Waals surface area contributed by atoms with Crippen molar-refractivity contribution in [1.82, 2.24) is 14.8 Å². The summed E-state index contributed by atoms with van der Waals surface area (Å²) in [5, 5.41) is 4.94. The minimum absolute atomic E-state index is 0.376. The number of nitrogens with two attached hydrogens (primary N) is 1. The van der Waals surface area contributed by atoms with Crippen LogP contribution in [0.15, 0.2) is 24.4 Å². The highest BCUT2D eigenvalue weighted by Gasteiger charge is 2.34. The van der Waals surface area contributed by atoms with Crippen molar-refractivity contribution in [3.63, 3.8) is 0 Å². The summed E-state index contributed by atoms with van der Waals surface area (Å²) in [6.45, 7) is 0.794. The number of hydrogen-bond donors (Lipinski definition) is 1. The van der Waals surface area contributed by atoms with Crippen LogP contribution in [0.1, 0.15) is 56.2 Å². The second kappa shape index (κ2) is 5.59. The van der Waals surface area contributed by atoms with Gasteiger partial charge in [-0.3, -0.25) is 4.68 Å². The smallest absolute Gasteiger partial charge is 0.214 e. The fourth-order valence-corrected chi connectivity index (χ4v) is 3.54. The molecule has 126 valence electrons. The zero-order valence-electron chi connectivity index (χ0n) is 13.9. The summed E-state index contributed by atoms with van der Waals surface area (Å²) in [6.07, 6.45) is 9.69. The molecule has 3 fully saturated rings. The summed E-state index contributed by atoms with van der Waals surface area (Å²) in [5.41, 5.74) is 9.18. The van der Waals surface area contributed by atoms with Gasteiger partial charge in [0, 0.05) is 23.7 Å². The first-order chi connectivity index (χ1) is 11.8. The van der Waals surface area contributed by atoms with Crippen LogP contribution >= 0.6 is 0 Å². The lowest BCUT2D eigenvalue weighted by molar-refractivity contribution is 0.189. The maximum atomic E-state index is 5.87. The Labute approximate surface area is 142 Å². The van der Waals surface area contributed by atoms with Crippen LogP contribution < -0.4 is 10.5 Å². The standard InChI is InChI=1S/C19H24N4O/c20-10-12-8-14(9-12)23-11-16(19(22-23)13-4-5-13)17-2-1-3-18(21-17)24-15-6-7-15/h1-3,11-15H,4-10,20H2. The summed E-state index contributed by atoms with van der Waals surface area (Å²) in [5.74, 6) is 2.03. The van der Waals surface area contributed by atoms with E-state index in [1.807, 2.05) is 12.1 Å². The van der Waals surface area contributed by atoms with Crippen molar-refractivity contribution in [2.75, 3.05) is 6.54 Å². The van der Waals surface area contributed by atoms with Gasteiger partial charge >= 0.3 is 0 Å². The van der Waals surface area contributed by atoms with Crippen molar-refractivity contribution in [1.29, 1.82) is 0 Å². The molecule has 0 unspecified atom stereocenters. The lowest BCUT2D eigenvalue weighted by Crippen LogP contribution is -2.32. The normalized spacial score (nSPS) is 26.2. The number of pyridine rings is 1. The summed E-state index contributed by atoms with van der Waals surface area (Å²) >= 11 is 0. The molecule has 0 radical (unpaired) electrons. The van der Waals surface area contributed by atoms with Crippen LogP contribution in [0.5, 0.6) is 5.88 Å². The zero-order valence-corrected chi connectivity index (χ0v) is 13.9. The Kier molecular flexibility index (Phi) is 3.37. The van der Waals surface area contributed by atoms with E-state index in [2.05, 4.69) is 16.9 Å². The molecule has 2 N–H and O–H groups in total. The van der Waals surface area contributed by atoms with E-state index in [0.29, 0.717) is 24.0 Å². The van der Waals surface area contributed by atoms with Gasteiger partial charge in [-0.1, -0.05) is 6.07 Å². The van der Waals surface area contributed by atoms with E-state index in [9.17, 15) is 0 Å². The fraction of sp³-hybridized carbons (Fsp3) is 0.579. The van der Waals surface area contributed by atoms with Crippen molar-refractivity contribution in [3.8, 4) is 17.1 Å². The van der Waals surface area contributed by atoms with Crippen molar-refractivity contribution in [2.24, 2.45) is 11.7 Å². The van der Waals surface area contributed by atoms with Crippen LogP contribution in [-0.4, -0.2) is 27.4 Å². The predicted octanol–water partition coefficient (Wildman–Crippen LogP) is 3.27. The molecule has 5 heteroatoms. The third-order valence-corrected chi connectivity index (χ3v) is 5.45. The molecule has 24 heavy (non-hydrogen) atoms. The van der Waals surface area contributed by atoms with Gasteiger partial charge in [-0.05, 0) is 57.1 Å². The molecule has 0 aromatic carbocycles. The molecule has 0 aliphatic heterocycles. The second-order valence-corrected chi connectivity index (χ2v) is 7.59. The molecule has 5 rings (SSSR count). The average Bonchev–Trinajstić information content (AvgIpc) is 3.47. The predicted molar refractivity (Wildman–Crippen MR) is 91.9 cm³/mol. The van der Waals surface area contributed by atoms with Gasteiger partial charge in [0.1, 0.15) is 6.10 Å². The molecule has 0 amide bonds. The Hall–Kier alpha value is -1.88. The van der Waals surface area contributed by atoms with E-state index in [-0.39, 0.29) is 0 Å². The Morgan fingerprint density at radius 1 is 1.17 bits per heavy atom. The van der Waals surface area contributed by atoms with Crippen LogP contribution in [0.3, 0.4) is 0 Å².